The Morgan fingerprint density at radius 2 is 2.14 bits per heavy atom. The van der Waals surface area contributed by atoms with Crippen molar-refractivity contribution in [2.45, 2.75) is 6.42 Å². The van der Waals surface area contributed by atoms with Crippen molar-refractivity contribution in [1.29, 1.82) is 0 Å². The lowest BCUT2D eigenvalue weighted by atomic mass is 10.3. The summed E-state index contributed by atoms with van der Waals surface area (Å²) in [7, 11) is -3.12. The number of nitrogens with one attached hydrogen (secondary N) is 1. The molecule has 0 atom stereocenters. The standard InChI is InChI=1S/C7H9Br2NO2S2/c8-5-14(11,12)10-4-3-6-1-2-7(9)13-6/h1-2,10H,3-5H2. The Bertz CT molecular complexity index is 388. The van der Waals surface area contributed by atoms with E-state index in [0.717, 1.165) is 15.1 Å². The van der Waals surface area contributed by atoms with Gasteiger partial charge in [-0.05, 0) is 34.5 Å². The van der Waals surface area contributed by atoms with Crippen molar-refractivity contribution in [3.63, 3.8) is 0 Å². The second kappa shape index (κ2) is 5.60. The van der Waals surface area contributed by atoms with Crippen LogP contribution in [0.25, 0.3) is 0 Å². The van der Waals surface area contributed by atoms with E-state index in [2.05, 4.69) is 36.6 Å². The molecule has 3 nitrogen and oxygen atoms in total. The highest BCUT2D eigenvalue weighted by Gasteiger charge is 2.06. The second-order valence-corrected chi connectivity index (χ2v) is 8.23. The third-order valence-corrected chi connectivity index (χ3v) is 5.89. The first kappa shape index (κ1) is 12.6. The first-order valence-corrected chi connectivity index (χ1v) is 8.19. The second-order valence-electron chi connectivity index (χ2n) is 2.57. The van der Waals surface area contributed by atoms with Gasteiger partial charge in [-0.2, -0.15) is 0 Å². The Kier molecular flexibility index (Phi) is 5.05. The summed E-state index contributed by atoms with van der Waals surface area (Å²) in [5, 5.41) is 0. The van der Waals surface area contributed by atoms with Gasteiger partial charge in [0.15, 0.2) is 0 Å². The normalized spacial score (nSPS) is 11.9. The van der Waals surface area contributed by atoms with Crippen LogP contribution in [-0.2, 0) is 16.4 Å². The topological polar surface area (TPSA) is 46.2 Å². The van der Waals surface area contributed by atoms with E-state index in [1.54, 1.807) is 11.3 Å². The molecule has 1 N–H and O–H groups in total. The fourth-order valence-corrected chi connectivity index (χ4v) is 3.31. The van der Waals surface area contributed by atoms with Gasteiger partial charge < -0.3 is 0 Å². The molecule has 0 bridgehead atoms. The van der Waals surface area contributed by atoms with Crippen LogP contribution in [0.1, 0.15) is 4.88 Å². The Morgan fingerprint density at radius 1 is 1.43 bits per heavy atom. The van der Waals surface area contributed by atoms with Crippen LogP contribution >= 0.6 is 43.2 Å². The number of halogens is 2. The molecular formula is C7H9Br2NO2S2. The number of rotatable bonds is 5. The minimum absolute atomic E-state index is 0.0475. The molecule has 1 heterocycles. The number of alkyl halides is 1. The summed E-state index contributed by atoms with van der Waals surface area (Å²) in [6.07, 6.45) is 0.725. The summed E-state index contributed by atoms with van der Waals surface area (Å²) in [6, 6.07) is 3.94. The van der Waals surface area contributed by atoms with Crippen molar-refractivity contribution in [2.75, 3.05) is 11.2 Å². The van der Waals surface area contributed by atoms with Crippen molar-refractivity contribution in [3.05, 3.63) is 20.8 Å². The molecule has 0 aliphatic carbocycles. The van der Waals surface area contributed by atoms with Crippen LogP contribution in [-0.4, -0.2) is 19.6 Å². The van der Waals surface area contributed by atoms with Crippen LogP contribution < -0.4 is 4.72 Å². The van der Waals surface area contributed by atoms with E-state index in [4.69, 9.17) is 0 Å². The number of hydrogen-bond donors (Lipinski definition) is 1. The molecule has 14 heavy (non-hydrogen) atoms. The van der Waals surface area contributed by atoms with Gasteiger partial charge in [-0.1, -0.05) is 15.9 Å². The summed E-state index contributed by atoms with van der Waals surface area (Å²) in [6.45, 7) is 0.445. The van der Waals surface area contributed by atoms with Crippen LogP contribution in [0.3, 0.4) is 0 Å². The quantitative estimate of drug-likeness (QED) is 0.817. The zero-order valence-electron chi connectivity index (χ0n) is 7.16. The largest absolute Gasteiger partial charge is 0.221 e. The van der Waals surface area contributed by atoms with Gasteiger partial charge >= 0.3 is 0 Å². The molecule has 0 aromatic carbocycles. The van der Waals surface area contributed by atoms with Crippen LogP contribution in [0, 0.1) is 0 Å². The minimum Gasteiger partial charge on any atom is -0.214 e. The predicted octanol–water partition coefficient (Wildman–Crippen LogP) is 2.32. The maximum Gasteiger partial charge on any atom is 0.221 e. The van der Waals surface area contributed by atoms with E-state index in [1.165, 1.54) is 0 Å². The van der Waals surface area contributed by atoms with Crippen LogP contribution in [0.2, 0.25) is 0 Å². The third-order valence-electron chi connectivity index (χ3n) is 1.47. The highest BCUT2D eigenvalue weighted by atomic mass is 79.9. The van der Waals surface area contributed by atoms with Crippen molar-refractivity contribution in [3.8, 4) is 0 Å². The van der Waals surface area contributed by atoms with E-state index >= 15 is 0 Å². The zero-order valence-corrected chi connectivity index (χ0v) is 12.0. The van der Waals surface area contributed by atoms with Gasteiger partial charge in [-0.25, -0.2) is 13.1 Å². The number of thiophene rings is 1. The first-order chi connectivity index (χ1) is 6.53. The lowest BCUT2D eigenvalue weighted by Gasteiger charge is -2.01. The van der Waals surface area contributed by atoms with E-state index in [0.29, 0.717) is 6.54 Å². The monoisotopic (exact) mass is 361 g/mol. The Morgan fingerprint density at radius 3 is 2.64 bits per heavy atom. The Balaban J connectivity index is 2.36. The summed E-state index contributed by atoms with van der Waals surface area (Å²) < 4.78 is 25.6. The molecule has 1 aromatic heterocycles. The lowest BCUT2D eigenvalue weighted by molar-refractivity contribution is 0.587. The van der Waals surface area contributed by atoms with Gasteiger partial charge in [0.05, 0.1) is 3.79 Å². The molecule has 80 valence electrons. The summed E-state index contributed by atoms with van der Waals surface area (Å²) >= 11 is 7.87. The van der Waals surface area contributed by atoms with Gasteiger partial charge in [0, 0.05) is 11.4 Å². The number of sulfonamides is 1. The number of hydrogen-bond acceptors (Lipinski definition) is 3. The highest BCUT2D eigenvalue weighted by Crippen LogP contribution is 2.22. The molecule has 0 spiro atoms. The minimum atomic E-state index is -3.12. The molecule has 0 amide bonds. The fourth-order valence-electron chi connectivity index (χ4n) is 0.854. The molecule has 0 radical (unpaired) electrons. The fraction of sp³-hybridized carbons (Fsp3) is 0.429. The first-order valence-electron chi connectivity index (χ1n) is 3.81. The Labute approximate surface area is 104 Å². The average molecular weight is 363 g/mol. The molecule has 0 saturated heterocycles. The van der Waals surface area contributed by atoms with Crippen LogP contribution in [0.4, 0.5) is 0 Å². The predicted molar refractivity (Wildman–Crippen MR) is 66.4 cm³/mol. The molecule has 0 fully saturated rings. The molecule has 1 aromatic rings. The zero-order chi connectivity index (χ0) is 10.6. The molecule has 7 heteroatoms. The van der Waals surface area contributed by atoms with Crippen LogP contribution in [0.5, 0.6) is 0 Å². The van der Waals surface area contributed by atoms with Crippen molar-refractivity contribution >= 4 is 53.2 Å². The van der Waals surface area contributed by atoms with Crippen LogP contribution in [0.15, 0.2) is 15.9 Å². The van der Waals surface area contributed by atoms with Gasteiger partial charge in [0.1, 0.15) is 4.66 Å². The highest BCUT2D eigenvalue weighted by molar-refractivity contribution is 9.11. The van der Waals surface area contributed by atoms with Crippen molar-refractivity contribution < 1.29 is 8.42 Å². The van der Waals surface area contributed by atoms with Crippen molar-refractivity contribution in [2.24, 2.45) is 0 Å². The molecule has 0 unspecified atom stereocenters. The summed E-state index contributed by atoms with van der Waals surface area (Å²) in [5.74, 6) is 0. The lowest BCUT2D eigenvalue weighted by Crippen LogP contribution is -2.26. The van der Waals surface area contributed by atoms with Gasteiger partial charge in [0.25, 0.3) is 0 Å². The van der Waals surface area contributed by atoms with E-state index in [9.17, 15) is 8.42 Å². The molecule has 1 rings (SSSR count). The molecule has 0 aliphatic rings. The van der Waals surface area contributed by atoms with E-state index < -0.39 is 10.0 Å². The third kappa shape index (κ3) is 4.39. The summed E-state index contributed by atoms with van der Waals surface area (Å²) in [4.78, 5) is 1.16. The average Bonchev–Trinajstić information content (AvgIpc) is 2.51. The van der Waals surface area contributed by atoms with Gasteiger partial charge in [-0.3, -0.25) is 0 Å². The van der Waals surface area contributed by atoms with Gasteiger partial charge in [0.2, 0.25) is 10.0 Å². The smallest absolute Gasteiger partial charge is 0.214 e. The van der Waals surface area contributed by atoms with E-state index in [1.807, 2.05) is 12.1 Å². The SMILES string of the molecule is O=S(=O)(CBr)NCCc1ccc(Br)s1. The van der Waals surface area contributed by atoms with Crippen molar-refractivity contribution in [1.82, 2.24) is 4.72 Å². The maximum absolute atomic E-state index is 11.0. The molecule has 0 saturated carbocycles. The van der Waals surface area contributed by atoms with E-state index in [-0.39, 0.29) is 4.66 Å². The molecule has 0 aliphatic heterocycles. The Hall–Kier alpha value is 0.570. The maximum atomic E-state index is 11.0. The summed E-state index contributed by atoms with van der Waals surface area (Å²) in [5.41, 5.74) is 0. The van der Waals surface area contributed by atoms with Gasteiger partial charge in [-0.15, -0.1) is 11.3 Å². The molecular weight excluding hydrogens is 354 g/mol.